The summed E-state index contributed by atoms with van der Waals surface area (Å²) in [5.41, 5.74) is 6.45. The molecule has 0 aliphatic rings. The molecular formula is C10H16BNO5. The molecule has 0 bridgehead atoms. The van der Waals surface area contributed by atoms with Crippen LogP contribution >= 0.6 is 0 Å². The first-order valence-corrected chi connectivity index (χ1v) is 4.88. The van der Waals surface area contributed by atoms with Gasteiger partial charge in [-0.3, -0.25) is 4.79 Å². The maximum absolute atomic E-state index is 11.0. The molecule has 0 aliphatic heterocycles. The minimum atomic E-state index is -0.750. The molecular weight excluding hydrogens is 225 g/mol. The maximum Gasteiger partial charge on any atom is 0.432 e. The van der Waals surface area contributed by atoms with Crippen molar-refractivity contribution in [3.05, 3.63) is 29.8 Å². The van der Waals surface area contributed by atoms with Crippen molar-refractivity contribution in [2.45, 2.75) is 12.5 Å². The third-order valence-corrected chi connectivity index (χ3v) is 1.90. The van der Waals surface area contributed by atoms with E-state index in [2.05, 4.69) is 4.74 Å². The summed E-state index contributed by atoms with van der Waals surface area (Å²) >= 11 is 0. The highest BCUT2D eigenvalue weighted by atomic mass is 16.5. The Kier molecular flexibility index (Phi) is 7.78. The molecule has 1 aromatic rings. The number of esters is 1. The number of rotatable bonds is 3. The third-order valence-electron chi connectivity index (χ3n) is 1.90. The van der Waals surface area contributed by atoms with Gasteiger partial charge >= 0.3 is 13.7 Å². The van der Waals surface area contributed by atoms with Crippen LogP contribution in [0.3, 0.4) is 0 Å². The van der Waals surface area contributed by atoms with E-state index < -0.39 is 19.7 Å². The molecule has 0 fully saturated rings. The van der Waals surface area contributed by atoms with Crippen molar-refractivity contribution >= 4 is 13.7 Å². The number of carbonyl (C=O) groups is 1. The maximum atomic E-state index is 11.0. The van der Waals surface area contributed by atoms with Crippen LogP contribution in [0, 0.1) is 0 Å². The number of phenols is 1. The number of hydrogen-bond acceptors (Lipinski definition) is 6. The lowest BCUT2D eigenvalue weighted by Crippen LogP contribution is -2.33. The fourth-order valence-electron chi connectivity index (χ4n) is 1.12. The number of aromatic hydroxyl groups is 1. The van der Waals surface area contributed by atoms with E-state index in [4.69, 9.17) is 20.9 Å². The van der Waals surface area contributed by atoms with E-state index in [-0.39, 0.29) is 5.75 Å². The van der Waals surface area contributed by atoms with Crippen molar-refractivity contribution in [2.75, 3.05) is 7.11 Å². The van der Waals surface area contributed by atoms with Gasteiger partial charge in [-0.15, -0.1) is 0 Å². The van der Waals surface area contributed by atoms with Crippen LogP contribution in [0.2, 0.25) is 0 Å². The SMILES string of the molecule is COC(=O)C(N)Cc1ccc(O)cc1.OBO. The summed E-state index contributed by atoms with van der Waals surface area (Å²) in [6.07, 6.45) is 0.410. The summed E-state index contributed by atoms with van der Waals surface area (Å²) in [4.78, 5) is 11.0. The Morgan fingerprint density at radius 1 is 1.41 bits per heavy atom. The Morgan fingerprint density at radius 3 is 2.29 bits per heavy atom. The van der Waals surface area contributed by atoms with Gasteiger partial charge in [-0.25, -0.2) is 0 Å². The van der Waals surface area contributed by atoms with Gasteiger partial charge in [0.25, 0.3) is 0 Å². The van der Waals surface area contributed by atoms with E-state index in [1.54, 1.807) is 24.3 Å². The van der Waals surface area contributed by atoms with Crippen LogP contribution in [-0.2, 0) is 16.0 Å². The molecule has 7 heteroatoms. The fraction of sp³-hybridized carbons (Fsp3) is 0.300. The minimum Gasteiger partial charge on any atom is -0.508 e. The molecule has 1 aromatic carbocycles. The standard InChI is InChI=1S/C10H13NO3.BH3O2/c1-14-10(13)9(11)6-7-2-4-8(12)5-3-7;2-1-3/h2-5,9,12H,6,11H2,1H3;1-3H. The average molecular weight is 241 g/mol. The Hall–Kier alpha value is -1.57. The quantitative estimate of drug-likeness (QED) is 0.385. The van der Waals surface area contributed by atoms with Crippen LogP contribution < -0.4 is 5.73 Å². The van der Waals surface area contributed by atoms with Gasteiger partial charge in [0.15, 0.2) is 0 Å². The molecule has 0 heterocycles. The van der Waals surface area contributed by atoms with Crippen molar-refractivity contribution in [2.24, 2.45) is 5.73 Å². The molecule has 94 valence electrons. The van der Waals surface area contributed by atoms with E-state index in [9.17, 15) is 4.79 Å². The molecule has 0 aliphatic carbocycles. The monoisotopic (exact) mass is 241 g/mol. The molecule has 1 unspecified atom stereocenters. The van der Waals surface area contributed by atoms with Crippen molar-refractivity contribution < 1.29 is 24.7 Å². The lowest BCUT2D eigenvalue weighted by molar-refractivity contribution is -0.142. The molecule has 1 rings (SSSR count). The van der Waals surface area contributed by atoms with Crippen molar-refractivity contribution in [3.8, 4) is 5.75 Å². The second-order valence-corrected chi connectivity index (χ2v) is 3.14. The Bertz CT molecular complexity index is 330. The number of nitrogens with two attached hydrogens (primary N) is 1. The summed E-state index contributed by atoms with van der Waals surface area (Å²) in [7, 11) is 0.555. The second-order valence-electron chi connectivity index (χ2n) is 3.14. The zero-order chi connectivity index (χ0) is 13.3. The van der Waals surface area contributed by atoms with Gasteiger partial charge in [-0.05, 0) is 24.1 Å². The predicted octanol–water partition coefficient (Wildman–Crippen LogP) is -1.33. The highest BCUT2D eigenvalue weighted by molar-refractivity contribution is 6.13. The van der Waals surface area contributed by atoms with Gasteiger partial charge in [0.1, 0.15) is 11.8 Å². The molecule has 0 amide bonds. The number of hydrogen-bond donors (Lipinski definition) is 4. The number of benzene rings is 1. The fourth-order valence-corrected chi connectivity index (χ4v) is 1.12. The number of ether oxygens (including phenoxy) is 1. The van der Waals surface area contributed by atoms with Gasteiger partial charge < -0.3 is 25.6 Å². The van der Waals surface area contributed by atoms with Crippen LogP contribution in [-0.4, -0.2) is 42.0 Å². The summed E-state index contributed by atoms with van der Waals surface area (Å²) in [5.74, 6) is -0.238. The predicted molar refractivity (Wildman–Crippen MR) is 63.4 cm³/mol. The van der Waals surface area contributed by atoms with Crippen LogP contribution in [0.25, 0.3) is 0 Å². The lowest BCUT2D eigenvalue weighted by atomic mass is 10.1. The molecule has 0 aromatic heterocycles. The number of phenolic OH excluding ortho intramolecular Hbond substituents is 1. The molecule has 17 heavy (non-hydrogen) atoms. The molecule has 1 atom stereocenters. The molecule has 0 spiro atoms. The van der Waals surface area contributed by atoms with E-state index in [0.717, 1.165) is 5.56 Å². The van der Waals surface area contributed by atoms with E-state index >= 15 is 0 Å². The first-order valence-electron chi connectivity index (χ1n) is 4.88. The van der Waals surface area contributed by atoms with Crippen LogP contribution in [0.5, 0.6) is 5.75 Å². The van der Waals surface area contributed by atoms with Crippen molar-refractivity contribution in [1.82, 2.24) is 0 Å². The molecule has 5 N–H and O–H groups in total. The molecule has 6 nitrogen and oxygen atoms in total. The summed E-state index contributed by atoms with van der Waals surface area (Å²) in [6.45, 7) is 0. The highest BCUT2D eigenvalue weighted by Gasteiger charge is 2.13. The van der Waals surface area contributed by atoms with Crippen LogP contribution in [0.1, 0.15) is 5.56 Å². The largest absolute Gasteiger partial charge is 0.508 e. The van der Waals surface area contributed by atoms with Gasteiger partial charge in [0.2, 0.25) is 0 Å². The van der Waals surface area contributed by atoms with E-state index in [1.807, 2.05) is 0 Å². The van der Waals surface area contributed by atoms with Crippen LogP contribution in [0.15, 0.2) is 24.3 Å². The second kappa shape index (κ2) is 8.57. The van der Waals surface area contributed by atoms with Crippen LogP contribution in [0.4, 0.5) is 0 Å². The third kappa shape index (κ3) is 6.57. The molecule has 0 radical (unpaired) electrons. The summed E-state index contributed by atoms with van der Waals surface area (Å²) in [6, 6.07) is 5.90. The summed E-state index contributed by atoms with van der Waals surface area (Å²) in [5, 5.41) is 23.3. The highest BCUT2D eigenvalue weighted by Crippen LogP contribution is 2.10. The van der Waals surface area contributed by atoms with Gasteiger partial charge in [-0.1, -0.05) is 12.1 Å². The normalized spacial score (nSPS) is 10.8. The molecule has 0 saturated heterocycles. The number of carbonyl (C=O) groups excluding carboxylic acids is 1. The zero-order valence-corrected chi connectivity index (χ0v) is 9.54. The zero-order valence-electron chi connectivity index (χ0n) is 9.54. The first-order chi connectivity index (χ1) is 8.04. The first kappa shape index (κ1) is 15.4. The molecule has 0 saturated carbocycles. The van der Waals surface area contributed by atoms with Gasteiger partial charge in [0, 0.05) is 0 Å². The lowest BCUT2D eigenvalue weighted by Gasteiger charge is -2.08. The van der Waals surface area contributed by atoms with Crippen molar-refractivity contribution in [1.29, 1.82) is 0 Å². The average Bonchev–Trinajstić information content (AvgIpc) is 2.32. The van der Waals surface area contributed by atoms with E-state index in [1.165, 1.54) is 7.11 Å². The smallest absolute Gasteiger partial charge is 0.432 e. The van der Waals surface area contributed by atoms with Crippen molar-refractivity contribution in [3.63, 3.8) is 0 Å². The topological polar surface area (TPSA) is 113 Å². The van der Waals surface area contributed by atoms with E-state index in [0.29, 0.717) is 6.42 Å². The Balaban J connectivity index is 0.000000770. The van der Waals surface area contributed by atoms with Gasteiger partial charge in [-0.2, -0.15) is 0 Å². The minimum absolute atomic E-state index is 0.195. The van der Waals surface area contributed by atoms with Gasteiger partial charge in [0.05, 0.1) is 7.11 Å². The Labute approximate surface area is 100.0 Å². The number of methoxy groups -OCH3 is 1. The Morgan fingerprint density at radius 2 is 1.88 bits per heavy atom. The summed E-state index contributed by atoms with van der Waals surface area (Å²) < 4.78 is 4.49.